The first-order valence-corrected chi connectivity index (χ1v) is 7.03. The Balaban J connectivity index is 0.00000441. The highest BCUT2D eigenvalue weighted by atomic mass is 35.5. The molecule has 1 amide bonds. The van der Waals surface area contributed by atoms with Gasteiger partial charge < -0.3 is 20.5 Å². The fourth-order valence-electron chi connectivity index (χ4n) is 1.90. The lowest BCUT2D eigenvalue weighted by Crippen LogP contribution is -2.49. The van der Waals surface area contributed by atoms with Crippen molar-refractivity contribution < 1.29 is 14.3 Å². The van der Waals surface area contributed by atoms with Gasteiger partial charge in [0.25, 0.3) is 0 Å². The lowest BCUT2D eigenvalue weighted by atomic mass is 9.87. The van der Waals surface area contributed by atoms with Crippen molar-refractivity contribution in [1.29, 1.82) is 0 Å². The highest BCUT2D eigenvalue weighted by Gasteiger charge is 2.26. The summed E-state index contributed by atoms with van der Waals surface area (Å²) in [7, 11) is 3.25. The summed E-state index contributed by atoms with van der Waals surface area (Å²) in [4.78, 5) is 12.0. The molecule has 5 nitrogen and oxygen atoms in total. The monoisotopic (exact) mass is 330 g/mol. The van der Waals surface area contributed by atoms with E-state index in [0.717, 1.165) is 17.1 Å². The van der Waals surface area contributed by atoms with E-state index >= 15 is 0 Å². The second kappa shape index (κ2) is 8.86. The number of hydrogen-bond donors (Lipinski definition) is 2. The summed E-state index contributed by atoms with van der Waals surface area (Å²) >= 11 is 0. The standard InChI is InChI=1S/C16H26N2O3.ClH/c1-16(2,3)14(17)15(19)18-9-8-11-10-12(20-4)6-7-13(11)21-5;/h6-7,10,14H,8-9,17H2,1-5H3,(H,18,19);1H/t14-;/m1./s1. The van der Waals surface area contributed by atoms with E-state index in [1.807, 2.05) is 39.0 Å². The number of rotatable bonds is 6. The third kappa shape index (κ3) is 5.73. The molecule has 0 spiro atoms. The zero-order valence-electron chi connectivity index (χ0n) is 13.9. The summed E-state index contributed by atoms with van der Waals surface area (Å²) in [5.74, 6) is 1.41. The maximum absolute atomic E-state index is 12.0. The first kappa shape index (κ1) is 20.5. The van der Waals surface area contributed by atoms with Gasteiger partial charge in [-0.15, -0.1) is 12.4 Å². The summed E-state index contributed by atoms with van der Waals surface area (Å²) in [6.45, 7) is 6.35. The highest BCUT2D eigenvalue weighted by molar-refractivity contribution is 5.85. The first-order chi connectivity index (χ1) is 9.79. The predicted molar refractivity (Wildman–Crippen MR) is 90.9 cm³/mol. The molecule has 0 aliphatic heterocycles. The summed E-state index contributed by atoms with van der Waals surface area (Å²) in [6, 6.07) is 5.09. The Morgan fingerprint density at radius 1 is 1.27 bits per heavy atom. The topological polar surface area (TPSA) is 73.6 Å². The number of methoxy groups -OCH3 is 2. The van der Waals surface area contributed by atoms with E-state index in [9.17, 15) is 4.79 Å². The van der Waals surface area contributed by atoms with Gasteiger partial charge in [-0.2, -0.15) is 0 Å². The van der Waals surface area contributed by atoms with Crippen LogP contribution in [0.1, 0.15) is 26.3 Å². The zero-order chi connectivity index (χ0) is 16.0. The average Bonchev–Trinajstić information content (AvgIpc) is 2.45. The molecular weight excluding hydrogens is 304 g/mol. The third-order valence-electron chi connectivity index (χ3n) is 3.40. The SMILES string of the molecule is COc1ccc(OC)c(CCNC(=O)[C@@H](N)C(C)(C)C)c1.Cl. The highest BCUT2D eigenvalue weighted by Crippen LogP contribution is 2.24. The smallest absolute Gasteiger partial charge is 0.237 e. The second-order valence-electron chi connectivity index (χ2n) is 6.06. The van der Waals surface area contributed by atoms with Crippen molar-refractivity contribution >= 4 is 18.3 Å². The normalized spacial score (nSPS) is 12.1. The number of hydrogen-bond acceptors (Lipinski definition) is 4. The first-order valence-electron chi connectivity index (χ1n) is 7.03. The fourth-order valence-corrected chi connectivity index (χ4v) is 1.90. The molecule has 1 aromatic rings. The number of nitrogens with one attached hydrogen (secondary N) is 1. The Kier molecular flexibility index (Phi) is 8.27. The van der Waals surface area contributed by atoms with Crippen LogP contribution >= 0.6 is 12.4 Å². The molecule has 126 valence electrons. The van der Waals surface area contributed by atoms with Gasteiger partial charge >= 0.3 is 0 Å². The Hall–Kier alpha value is -1.46. The van der Waals surface area contributed by atoms with Crippen LogP contribution in [-0.2, 0) is 11.2 Å². The molecule has 0 saturated heterocycles. The van der Waals surface area contributed by atoms with Gasteiger partial charge in [0.15, 0.2) is 0 Å². The van der Waals surface area contributed by atoms with Gasteiger partial charge in [0.1, 0.15) is 11.5 Å². The van der Waals surface area contributed by atoms with Crippen LogP contribution in [0.3, 0.4) is 0 Å². The van der Waals surface area contributed by atoms with Gasteiger partial charge in [-0.1, -0.05) is 20.8 Å². The molecule has 0 heterocycles. The van der Waals surface area contributed by atoms with Crippen molar-refractivity contribution in [2.45, 2.75) is 33.2 Å². The van der Waals surface area contributed by atoms with Crippen LogP contribution in [0, 0.1) is 5.41 Å². The van der Waals surface area contributed by atoms with Crippen molar-refractivity contribution in [2.24, 2.45) is 11.1 Å². The lowest BCUT2D eigenvalue weighted by molar-refractivity contribution is -0.124. The summed E-state index contributed by atoms with van der Waals surface area (Å²) < 4.78 is 10.5. The van der Waals surface area contributed by atoms with Crippen molar-refractivity contribution in [1.82, 2.24) is 5.32 Å². The van der Waals surface area contributed by atoms with E-state index < -0.39 is 6.04 Å². The van der Waals surface area contributed by atoms with E-state index in [2.05, 4.69) is 5.32 Å². The maximum Gasteiger partial charge on any atom is 0.237 e. The molecule has 1 atom stereocenters. The predicted octanol–water partition coefficient (Wildman–Crippen LogP) is 2.16. The van der Waals surface area contributed by atoms with Gasteiger partial charge in [-0.25, -0.2) is 0 Å². The minimum atomic E-state index is -0.523. The third-order valence-corrected chi connectivity index (χ3v) is 3.40. The Morgan fingerprint density at radius 3 is 2.41 bits per heavy atom. The molecule has 0 aliphatic rings. The minimum absolute atomic E-state index is 0. The molecule has 0 radical (unpaired) electrons. The quantitative estimate of drug-likeness (QED) is 0.838. The van der Waals surface area contributed by atoms with E-state index in [1.165, 1.54) is 0 Å². The summed E-state index contributed by atoms with van der Waals surface area (Å²) in [5, 5.41) is 2.87. The van der Waals surface area contributed by atoms with Crippen molar-refractivity contribution in [3.63, 3.8) is 0 Å². The van der Waals surface area contributed by atoms with E-state index in [4.69, 9.17) is 15.2 Å². The van der Waals surface area contributed by atoms with Crippen LogP contribution in [-0.4, -0.2) is 32.7 Å². The zero-order valence-corrected chi connectivity index (χ0v) is 14.8. The van der Waals surface area contributed by atoms with Crippen LogP contribution in [0.5, 0.6) is 11.5 Å². The molecule has 1 rings (SSSR count). The number of halogens is 1. The van der Waals surface area contributed by atoms with Crippen LogP contribution < -0.4 is 20.5 Å². The molecular formula is C16H27ClN2O3. The number of nitrogens with two attached hydrogens (primary N) is 1. The van der Waals surface area contributed by atoms with Crippen LogP contribution in [0.15, 0.2) is 18.2 Å². The van der Waals surface area contributed by atoms with Gasteiger partial charge in [0.2, 0.25) is 5.91 Å². The van der Waals surface area contributed by atoms with Crippen molar-refractivity contribution in [3.8, 4) is 11.5 Å². The fraction of sp³-hybridized carbons (Fsp3) is 0.562. The number of carbonyl (C=O) groups is 1. The molecule has 0 unspecified atom stereocenters. The number of benzene rings is 1. The Morgan fingerprint density at radius 2 is 1.91 bits per heavy atom. The molecule has 3 N–H and O–H groups in total. The molecule has 6 heteroatoms. The average molecular weight is 331 g/mol. The van der Waals surface area contributed by atoms with Crippen LogP contribution in [0.2, 0.25) is 0 Å². The second-order valence-corrected chi connectivity index (χ2v) is 6.06. The Bertz CT molecular complexity index is 487. The molecule has 0 bridgehead atoms. The van der Waals surface area contributed by atoms with E-state index in [-0.39, 0.29) is 23.7 Å². The van der Waals surface area contributed by atoms with Crippen molar-refractivity contribution in [2.75, 3.05) is 20.8 Å². The largest absolute Gasteiger partial charge is 0.497 e. The Labute approximate surface area is 139 Å². The summed E-state index contributed by atoms with van der Waals surface area (Å²) in [5.41, 5.74) is 6.65. The number of carbonyl (C=O) groups excluding carboxylic acids is 1. The minimum Gasteiger partial charge on any atom is -0.497 e. The van der Waals surface area contributed by atoms with Crippen molar-refractivity contribution in [3.05, 3.63) is 23.8 Å². The van der Waals surface area contributed by atoms with Gasteiger partial charge in [-0.05, 0) is 35.6 Å². The van der Waals surface area contributed by atoms with Gasteiger partial charge in [0, 0.05) is 6.54 Å². The molecule has 0 fully saturated rings. The number of ether oxygens (including phenoxy) is 2. The maximum atomic E-state index is 12.0. The summed E-state index contributed by atoms with van der Waals surface area (Å²) in [6.07, 6.45) is 0.656. The van der Waals surface area contributed by atoms with Gasteiger partial charge in [-0.3, -0.25) is 4.79 Å². The van der Waals surface area contributed by atoms with Crippen LogP contribution in [0.4, 0.5) is 0 Å². The lowest BCUT2D eigenvalue weighted by Gasteiger charge is -2.25. The molecule has 0 saturated carbocycles. The number of amides is 1. The molecule has 1 aromatic carbocycles. The molecule has 22 heavy (non-hydrogen) atoms. The molecule has 0 aromatic heterocycles. The molecule has 0 aliphatic carbocycles. The van der Waals surface area contributed by atoms with E-state index in [1.54, 1.807) is 14.2 Å². The van der Waals surface area contributed by atoms with E-state index in [0.29, 0.717) is 13.0 Å². The van der Waals surface area contributed by atoms with Gasteiger partial charge in [0.05, 0.1) is 20.3 Å². The van der Waals surface area contributed by atoms with Crippen LogP contribution in [0.25, 0.3) is 0 Å².